The summed E-state index contributed by atoms with van der Waals surface area (Å²) in [6, 6.07) is 10.1. The van der Waals surface area contributed by atoms with E-state index in [-0.39, 0.29) is 0 Å². The number of hydrogen-bond acceptors (Lipinski definition) is 3. The van der Waals surface area contributed by atoms with Crippen molar-refractivity contribution in [3.05, 3.63) is 35.9 Å². The Morgan fingerprint density at radius 1 is 1.19 bits per heavy atom. The maximum Gasteiger partial charge on any atom is 0.315 e. The predicted octanol–water partition coefficient (Wildman–Crippen LogP) is 2.05. The summed E-state index contributed by atoms with van der Waals surface area (Å²) in [7, 11) is 0. The summed E-state index contributed by atoms with van der Waals surface area (Å²) in [5, 5.41) is 9.72. The van der Waals surface area contributed by atoms with Crippen LogP contribution in [0, 0.1) is 0 Å². The highest BCUT2D eigenvalue weighted by Crippen LogP contribution is 2.26. The molecule has 4 nitrogen and oxygen atoms in total. The second-order valence-electron chi connectivity index (χ2n) is 6.41. The van der Waals surface area contributed by atoms with Crippen LogP contribution in [-0.4, -0.2) is 59.6 Å². The van der Waals surface area contributed by atoms with E-state index in [2.05, 4.69) is 23.6 Å². The van der Waals surface area contributed by atoms with Gasteiger partial charge in [0, 0.05) is 38.8 Å². The molecule has 0 bridgehead atoms. The third-order valence-corrected chi connectivity index (χ3v) is 4.56. The van der Waals surface area contributed by atoms with Gasteiger partial charge in [-0.15, -0.1) is 0 Å². The van der Waals surface area contributed by atoms with Crippen molar-refractivity contribution in [2.24, 2.45) is 0 Å². The Labute approximate surface area is 127 Å². The van der Waals surface area contributed by atoms with Gasteiger partial charge in [-0.2, -0.15) is 0 Å². The Hall–Kier alpha value is -1.39. The zero-order valence-corrected chi connectivity index (χ0v) is 13.2. The summed E-state index contributed by atoms with van der Waals surface area (Å²) >= 11 is 0. The Morgan fingerprint density at radius 3 is 2.24 bits per heavy atom. The monoisotopic (exact) mass is 290 g/mol. The van der Waals surface area contributed by atoms with Crippen LogP contribution in [0.15, 0.2) is 30.3 Å². The van der Waals surface area contributed by atoms with Gasteiger partial charge in [-0.3, -0.25) is 14.6 Å². The summed E-state index contributed by atoms with van der Waals surface area (Å²) in [6.45, 7) is 10.7. The summed E-state index contributed by atoms with van der Waals surface area (Å²) in [6.07, 6.45) is 0. The van der Waals surface area contributed by atoms with Crippen LogP contribution in [0.3, 0.4) is 0 Å². The number of benzene rings is 1. The summed E-state index contributed by atoms with van der Waals surface area (Å²) < 4.78 is 0. The van der Waals surface area contributed by atoms with Crippen LogP contribution < -0.4 is 0 Å². The lowest BCUT2D eigenvalue weighted by atomic mass is 9.82. The lowest BCUT2D eigenvalue weighted by molar-refractivity contribution is -0.144. The van der Waals surface area contributed by atoms with E-state index in [9.17, 15) is 9.90 Å². The minimum atomic E-state index is -0.846. The first-order chi connectivity index (χ1) is 9.93. The number of carboxylic acids is 1. The Morgan fingerprint density at radius 2 is 1.76 bits per heavy atom. The van der Waals surface area contributed by atoms with Gasteiger partial charge in [0.25, 0.3) is 0 Å². The molecule has 0 aliphatic carbocycles. The molecule has 1 aliphatic heterocycles. The highest BCUT2D eigenvalue weighted by molar-refractivity contribution is 5.81. The second-order valence-corrected chi connectivity index (χ2v) is 6.41. The Bertz CT molecular complexity index is 467. The van der Waals surface area contributed by atoms with E-state index in [0.29, 0.717) is 12.6 Å². The molecular formula is C17H26N2O2. The fourth-order valence-electron chi connectivity index (χ4n) is 2.97. The first kappa shape index (κ1) is 16.0. The normalized spacial score (nSPS) is 20.4. The van der Waals surface area contributed by atoms with Crippen LogP contribution in [-0.2, 0) is 10.2 Å². The zero-order valence-electron chi connectivity index (χ0n) is 13.2. The average Bonchev–Trinajstić information content (AvgIpc) is 2.48. The van der Waals surface area contributed by atoms with Crippen molar-refractivity contribution in [1.29, 1.82) is 0 Å². The minimum Gasteiger partial charge on any atom is -0.481 e. The maximum absolute atomic E-state index is 11.8. The van der Waals surface area contributed by atoms with Crippen molar-refractivity contribution in [1.82, 2.24) is 9.80 Å². The summed E-state index contributed by atoms with van der Waals surface area (Å²) in [5.74, 6) is -0.750. The van der Waals surface area contributed by atoms with E-state index in [1.807, 2.05) is 37.3 Å². The molecule has 116 valence electrons. The number of piperazine rings is 1. The van der Waals surface area contributed by atoms with Crippen LogP contribution in [0.4, 0.5) is 0 Å². The third-order valence-electron chi connectivity index (χ3n) is 4.56. The fourth-order valence-corrected chi connectivity index (χ4v) is 2.97. The fraction of sp³-hybridized carbons (Fsp3) is 0.588. The van der Waals surface area contributed by atoms with Gasteiger partial charge in [-0.1, -0.05) is 30.3 Å². The Balaban J connectivity index is 2.07. The molecule has 0 spiro atoms. The van der Waals surface area contributed by atoms with Crippen LogP contribution in [0.1, 0.15) is 26.3 Å². The van der Waals surface area contributed by atoms with E-state index in [1.54, 1.807) is 0 Å². The lowest BCUT2D eigenvalue weighted by Crippen LogP contribution is -2.53. The highest BCUT2D eigenvalue weighted by Gasteiger charge is 2.37. The number of aliphatic carboxylic acids is 1. The molecule has 0 radical (unpaired) electrons. The molecule has 2 rings (SSSR count). The summed E-state index contributed by atoms with van der Waals surface area (Å²) in [5.41, 5.74) is 0.0325. The molecular weight excluding hydrogens is 264 g/mol. The molecule has 1 aromatic carbocycles. The van der Waals surface area contributed by atoms with Crippen molar-refractivity contribution < 1.29 is 9.90 Å². The number of carbonyl (C=O) groups is 1. The van der Waals surface area contributed by atoms with Gasteiger partial charge in [-0.05, 0) is 26.3 Å². The van der Waals surface area contributed by atoms with E-state index < -0.39 is 11.4 Å². The first-order valence-corrected chi connectivity index (χ1v) is 7.69. The molecule has 4 heteroatoms. The van der Waals surface area contributed by atoms with Gasteiger partial charge in [0.2, 0.25) is 0 Å². The summed E-state index contributed by atoms with van der Waals surface area (Å²) in [4.78, 5) is 16.6. The van der Waals surface area contributed by atoms with Crippen LogP contribution in [0.5, 0.6) is 0 Å². The number of carboxylic acid groups (broad SMARTS) is 1. The molecule has 1 fully saturated rings. The van der Waals surface area contributed by atoms with Gasteiger partial charge in [0.15, 0.2) is 0 Å². The van der Waals surface area contributed by atoms with Gasteiger partial charge in [0.05, 0.1) is 0 Å². The quantitative estimate of drug-likeness (QED) is 0.901. The molecule has 1 saturated heterocycles. The molecule has 1 N–H and O–H groups in total. The van der Waals surface area contributed by atoms with Crippen molar-refractivity contribution in [2.75, 3.05) is 32.7 Å². The van der Waals surface area contributed by atoms with Crippen LogP contribution >= 0.6 is 0 Å². The standard InChI is InChI=1S/C17H26N2O2/c1-14(2)19-11-9-18(10-12-19)13-17(3,16(20)21)15-7-5-4-6-8-15/h4-8,14H,9-13H2,1-3H3,(H,20,21). The van der Waals surface area contributed by atoms with Crippen LogP contribution in [0.2, 0.25) is 0 Å². The van der Waals surface area contributed by atoms with Crippen LogP contribution in [0.25, 0.3) is 0 Å². The second kappa shape index (κ2) is 6.58. The van der Waals surface area contributed by atoms with Crippen molar-refractivity contribution in [3.63, 3.8) is 0 Å². The van der Waals surface area contributed by atoms with E-state index >= 15 is 0 Å². The molecule has 1 atom stereocenters. The van der Waals surface area contributed by atoms with E-state index in [1.165, 1.54) is 0 Å². The molecule has 1 heterocycles. The smallest absolute Gasteiger partial charge is 0.315 e. The van der Waals surface area contributed by atoms with E-state index in [0.717, 1.165) is 31.7 Å². The molecule has 21 heavy (non-hydrogen) atoms. The van der Waals surface area contributed by atoms with Gasteiger partial charge in [-0.25, -0.2) is 0 Å². The maximum atomic E-state index is 11.8. The molecule has 0 aromatic heterocycles. The largest absolute Gasteiger partial charge is 0.481 e. The SMILES string of the molecule is CC(C)N1CCN(CC(C)(C(=O)O)c2ccccc2)CC1. The molecule has 1 unspecified atom stereocenters. The third kappa shape index (κ3) is 3.63. The number of rotatable bonds is 5. The molecule has 0 amide bonds. The van der Waals surface area contributed by atoms with E-state index in [4.69, 9.17) is 0 Å². The highest BCUT2D eigenvalue weighted by atomic mass is 16.4. The minimum absolute atomic E-state index is 0.562. The number of hydrogen-bond donors (Lipinski definition) is 1. The van der Waals surface area contributed by atoms with Crippen molar-refractivity contribution in [2.45, 2.75) is 32.2 Å². The van der Waals surface area contributed by atoms with Gasteiger partial charge >= 0.3 is 5.97 Å². The van der Waals surface area contributed by atoms with Crippen molar-refractivity contribution in [3.8, 4) is 0 Å². The predicted molar refractivity (Wildman–Crippen MR) is 84.6 cm³/mol. The van der Waals surface area contributed by atoms with Gasteiger partial charge in [0.1, 0.15) is 5.41 Å². The zero-order chi connectivity index (χ0) is 15.5. The average molecular weight is 290 g/mol. The molecule has 0 saturated carbocycles. The topological polar surface area (TPSA) is 43.8 Å². The van der Waals surface area contributed by atoms with Gasteiger partial charge < -0.3 is 5.11 Å². The Kier molecular flexibility index (Phi) is 5.01. The lowest BCUT2D eigenvalue weighted by Gasteiger charge is -2.40. The number of nitrogens with zero attached hydrogens (tertiary/aromatic N) is 2. The molecule has 1 aliphatic rings. The first-order valence-electron chi connectivity index (χ1n) is 7.69. The molecule has 1 aromatic rings. The van der Waals surface area contributed by atoms with Crippen molar-refractivity contribution >= 4 is 5.97 Å².